The second kappa shape index (κ2) is 7.84. The molecule has 0 aliphatic rings. The fourth-order valence-electron chi connectivity index (χ4n) is 1.80. The Kier molecular flexibility index (Phi) is 5.57. The molecule has 0 saturated carbocycles. The molecule has 0 fully saturated rings. The Morgan fingerprint density at radius 2 is 1.78 bits per heavy atom. The second-order valence-corrected chi connectivity index (χ2v) is 4.73. The number of halogens is 1. The summed E-state index contributed by atoms with van der Waals surface area (Å²) in [6.07, 6.45) is 2.02. The van der Waals surface area contributed by atoms with E-state index < -0.39 is 17.6 Å². The van der Waals surface area contributed by atoms with Gasteiger partial charge in [-0.25, -0.2) is 9.82 Å². The molecule has 2 aromatic carbocycles. The molecule has 0 heterocycles. The van der Waals surface area contributed by atoms with Crippen molar-refractivity contribution in [3.63, 3.8) is 0 Å². The molecule has 0 bridgehead atoms. The zero-order valence-corrected chi connectivity index (χ0v) is 12.5. The van der Waals surface area contributed by atoms with Crippen molar-refractivity contribution >= 4 is 23.7 Å². The van der Waals surface area contributed by atoms with Crippen molar-refractivity contribution in [2.45, 2.75) is 13.3 Å². The summed E-state index contributed by atoms with van der Waals surface area (Å²) in [5.41, 5.74) is 3.91. The van der Waals surface area contributed by atoms with Gasteiger partial charge in [-0.1, -0.05) is 37.3 Å². The summed E-state index contributed by atoms with van der Waals surface area (Å²) in [5.74, 6) is -2.25. The van der Waals surface area contributed by atoms with Gasteiger partial charge >= 0.3 is 11.8 Å². The van der Waals surface area contributed by atoms with Crippen LogP contribution < -0.4 is 10.7 Å². The Morgan fingerprint density at radius 3 is 2.43 bits per heavy atom. The van der Waals surface area contributed by atoms with Gasteiger partial charge in [0.1, 0.15) is 5.82 Å². The Morgan fingerprint density at radius 1 is 1.09 bits per heavy atom. The van der Waals surface area contributed by atoms with Gasteiger partial charge in [0.2, 0.25) is 0 Å². The number of amides is 2. The summed E-state index contributed by atoms with van der Waals surface area (Å²) in [6, 6.07) is 13.1. The first-order valence-corrected chi connectivity index (χ1v) is 7.08. The zero-order valence-electron chi connectivity index (χ0n) is 12.5. The van der Waals surface area contributed by atoms with E-state index >= 15 is 0 Å². The van der Waals surface area contributed by atoms with Crippen LogP contribution in [-0.2, 0) is 16.0 Å². The lowest BCUT2D eigenvalue weighted by Crippen LogP contribution is -2.32. The highest BCUT2D eigenvalue weighted by Crippen LogP contribution is 2.09. The van der Waals surface area contributed by atoms with Crippen molar-refractivity contribution in [2.75, 3.05) is 5.32 Å². The molecule has 0 aliphatic heterocycles. The molecule has 2 rings (SSSR count). The van der Waals surface area contributed by atoms with E-state index in [0.29, 0.717) is 5.69 Å². The number of benzene rings is 2. The van der Waals surface area contributed by atoms with Crippen LogP contribution >= 0.6 is 0 Å². The first-order chi connectivity index (χ1) is 11.1. The standard InChI is InChI=1S/C17H16FN3O2/c1-2-12-7-9-14(10-8-12)20-16(22)17(23)21-19-11-13-5-3-4-6-15(13)18/h3-11H,2H2,1H3,(H,20,22)(H,21,23)/b19-11+. The van der Waals surface area contributed by atoms with Gasteiger partial charge in [0, 0.05) is 11.3 Å². The van der Waals surface area contributed by atoms with Gasteiger partial charge in [-0.3, -0.25) is 9.59 Å². The van der Waals surface area contributed by atoms with Crippen LogP contribution in [0.5, 0.6) is 0 Å². The number of nitrogens with zero attached hydrogens (tertiary/aromatic N) is 1. The lowest BCUT2D eigenvalue weighted by molar-refractivity contribution is -0.136. The smallest absolute Gasteiger partial charge is 0.318 e. The second-order valence-electron chi connectivity index (χ2n) is 4.73. The third-order valence-electron chi connectivity index (χ3n) is 3.10. The lowest BCUT2D eigenvalue weighted by atomic mass is 10.1. The molecule has 2 aromatic rings. The molecule has 0 radical (unpaired) electrons. The number of carbonyl (C=O) groups excluding carboxylic acids is 2. The molecule has 6 heteroatoms. The average Bonchev–Trinajstić information content (AvgIpc) is 2.57. The van der Waals surface area contributed by atoms with Crippen molar-refractivity contribution in [2.24, 2.45) is 5.10 Å². The molecule has 0 aromatic heterocycles. The Balaban J connectivity index is 1.89. The molecule has 0 saturated heterocycles. The normalized spacial score (nSPS) is 10.5. The molecule has 0 spiro atoms. The van der Waals surface area contributed by atoms with Crippen LogP contribution in [0.15, 0.2) is 53.6 Å². The number of aryl methyl sites for hydroxylation is 1. The molecule has 118 valence electrons. The molecule has 5 nitrogen and oxygen atoms in total. The van der Waals surface area contributed by atoms with Gasteiger partial charge in [-0.15, -0.1) is 0 Å². The van der Waals surface area contributed by atoms with E-state index in [1.807, 2.05) is 19.1 Å². The van der Waals surface area contributed by atoms with Gasteiger partial charge in [0.25, 0.3) is 0 Å². The Labute approximate surface area is 133 Å². The third-order valence-corrected chi connectivity index (χ3v) is 3.10. The minimum absolute atomic E-state index is 0.211. The number of hydrogen-bond donors (Lipinski definition) is 2. The summed E-state index contributed by atoms with van der Waals surface area (Å²) in [5, 5.41) is 6.02. The number of hydrogen-bond acceptors (Lipinski definition) is 3. The summed E-state index contributed by atoms with van der Waals surface area (Å²) >= 11 is 0. The summed E-state index contributed by atoms with van der Waals surface area (Å²) < 4.78 is 13.3. The molecule has 0 atom stereocenters. The third kappa shape index (κ3) is 4.74. The van der Waals surface area contributed by atoms with Crippen molar-refractivity contribution in [3.05, 3.63) is 65.5 Å². The number of carbonyl (C=O) groups is 2. The first-order valence-electron chi connectivity index (χ1n) is 7.08. The summed E-state index contributed by atoms with van der Waals surface area (Å²) in [4.78, 5) is 23.3. The highest BCUT2D eigenvalue weighted by atomic mass is 19.1. The van der Waals surface area contributed by atoms with Crippen molar-refractivity contribution < 1.29 is 14.0 Å². The minimum atomic E-state index is -0.933. The number of rotatable bonds is 4. The number of anilines is 1. The van der Waals surface area contributed by atoms with Crippen LogP contribution in [0, 0.1) is 5.82 Å². The van der Waals surface area contributed by atoms with Crippen LogP contribution in [0.2, 0.25) is 0 Å². The molecular formula is C17H16FN3O2. The van der Waals surface area contributed by atoms with Gasteiger partial charge in [-0.2, -0.15) is 5.10 Å². The lowest BCUT2D eigenvalue weighted by Gasteiger charge is -2.04. The molecular weight excluding hydrogens is 297 g/mol. The topological polar surface area (TPSA) is 70.6 Å². The van der Waals surface area contributed by atoms with Crippen molar-refractivity contribution in [3.8, 4) is 0 Å². The van der Waals surface area contributed by atoms with Gasteiger partial charge in [-0.05, 0) is 30.2 Å². The van der Waals surface area contributed by atoms with E-state index in [2.05, 4.69) is 15.8 Å². The fourth-order valence-corrected chi connectivity index (χ4v) is 1.80. The quantitative estimate of drug-likeness (QED) is 0.517. The maximum Gasteiger partial charge on any atom is 0.329 e. The predicted molar refractivity (Wildman–Crippen MR) is 86.6 cm³/mol. The van der Waals surface area contributed by atoms with Gasteiger partial charge < -0.3 is 5.32 Å². The van der Waals surface area contributed by atoms with E-state index in [1.54, 1.807) is 24.3 Å². The number of hydrazone groups is 1. The van der Waals surface area contributed by atoms with E-state index in [0.717, 1.165) is 18.2 Å². The molecule has 0 unspecified atom stereocenters. The molecule has 2 amide bonds. The van der Waals surface area contributed by atoms with Crippen LogP contribution in [0.25, 0.3) is 0 Å². The Bertz CT molecular complexity index is 727. The maximum absolute atomic E-state index is 13.3. The van der Waals surface area contributed by atoms with E-state index in [4.69, 9.17) is 0 Å². The zero-order chi connectivity index (χ0) is 16.7. The van der Waals surface area contributed by atoms with Crippen LogP contribution in [0.1, 0.15) is 18.1 Å². The van der Waals surface area contributed by atoms with Crippen molar-refractivity contribution in [1.82, 2.24) is 5.43 Å². The van der Waals surface area contributed by atoms with Crippen LogP contribution in [0.4, 0.5) is 10.1 Å². The minimum Gasteiger partial charge on any atom is -0.318 e. The van der Waals surface area contributed by atoms with Crippen molar-refractivity contribution in [1.29, 1.82) is 0 Å². The maximum atomic E-state index is 13.3. The predicted octanol–water partition coefficient (Wildman–Crippen LogP) is 2.48. The molecule has 2 N–H and O–H groups in total. The summed E-state index contributed by atoms with van der Waals surface area (Å²) in [6.45, 7) is 2.02. The SMILES string of the molecule is CCc1ccc(NC(=O)C(=O)N/N=C/c2ccccc2F)cc1. The van der Waals surface area contributed by atoms with Gasteiger partial charge in [0.15, 0.2) is 0 Å². The average molecular weight is 313 g/mol. The largest absolute Gasteiger partial charge is 0.329 e. The highest BCUT2D eigenvalue weighted by molar-refractivity contribution is 6.39. The highest BCUT2D eigenvalue weighted by Gasteiger charge is 2.12. The van der Waals surface area contributed by atoms with Gasteiger partial charge in [0.05, 0.1) is 6.21 Å². The fraction of sp³-hybridized carbons (Fsp3) is 0.118. The molecule has 23 heavy (non-hydrogen) atoms. The van der Waals surface area contributed by atoms with E-state index in [1.165, 1.54) is 12.1 Å². The number of nitrogens with one attached hydrogen (secondary N) is 2. The van der Waals surface area contributed by atoms with Crippen LogP contribution in [0.3, 0.4) is 0 Å². The van der Waals surface area contributed by atoms with Crippen LogP contribution in [-0.4, -0.2) is 18.0 Å². The van der Waals surface area contributed by atoms with E-state index in [9.17, 15) is 14.0 Å². The summed E-state index contributed by atoms with van der Waals surface area (Å²) in [7, 11) is 0. The molecule has 0 aliphatic carbocycles. The monoisotopic (exact) mass is 313 g/mol. The first kappa shape index (κ1) is 16.4. The van der Waals surface area contributed by atoms with E-state index in [-0.39, 0.29) is 5.56 Å². The Hall–Kier alpha value is -3.02.